The van der Waals surface area contributed by atoms with E-state index in [9.17, 15) is 9.90 Å². The van der Waals surface area contributed by atoms with Crippen LogP contribution in [0.3, 0.4) is 0 Å². The van der Waals surface area contributed by atoms with Gasteiger partial charge in [-0.2, -0.15) is 0 Å². The lowest BCUT2D eigenvalue weighted by atomic mass is 10.1. The summed E-state index contributed by atoms with van der Waals surface area (Å²) in [5, 5.41) is 12.6. The first-order chi connectivity index (χ1) is 10.1. The van der Waals surface area contributed by atoms with Gasteiger partial charge in [-0.15, -0.1) is 0 Å². The van der Waals surface area contributed by atoms with Crippen molar-refractivity contribution in [2.24, 2.45) is 5.92 Å². The Hall–Kier alpha value is -1.55. The average Bonchev–Trinajstić information content (AvgIpc) is 2.86. The minimum absolute atomic E-state index is 0.0158. The number of ether oxygens (including phenoxy) is 1. The van der Waals surface area contributed by atoms with Crippen LogP contribution in [0.1, 0.15) is 36.8 Å². The number of aliphatic hydroxyl groups excluding tert-OH is 1. The summed E-state index contributed by atoms with van der Waals surface area (Å²) < 4.78 is 5.60. The zero-order chi connectivity index (χ0) is 15.2. The minimum atomic E-state index is -0.253. The lowest BCUT2D eigenvalue weighted by Crippen LogP contribution is -2.33. The highest BCUT2D eigenvalue weighted by Gasteiger charge is 2.25. The Bertz CT molecular complexity index is 487. The predicted octanol–water partition coefficient (Wildman–Crippen LogP) is 2.35. The number of nitrogens with one attached hydrogen (secondary N) is 1. The van der Waals surface area contributed by atoms with E-state index in [2.05, 4.69) is 12.2 Å². The molecule has 0 saturated heterocycles. The van der Waals surface area contributed by atoms with Crippen LogP contribution in [0.2, 0.25) is 0 Å². The van der Waals surface area contributed by atoms with Gasteiger partial charge in [-0.3, -0.25) is 4.79 Å². The van der Waals surface area contributed by atoms with E-state index in [1.54, 1.807) is 0 Å². The molecule has 2 atom stereocenters. The molecule has 0 spiro atoms. The highest BCUT2D eigenvalue weighted by atomic mass is 16.5. The van der Waals surface area contributed by atoms with E-state index in [4.69, 9.17) is 4.74 Å². The number of rotatable bonds is 6. The second kappa shape index (κ2) is 7.46. The topological polar surface area (TPSA) is 58.6 Å². The van der Waals surface area contributed by atoms with Gasteiger partial charge >= 0.3 is 0 Å². The molecule has 0 heterocycles. The number of carbonyl (C=O) groups excluding carboxylic acids is 1. The first-order valence-electron chi connectivity index (χ1n) is 7.71. The largest absolute Gasteiger partial charge is 0.493 e. The molecule has 4 nitrogen and oxygen atoms in total. The molecule has 2 N–H and O–H groups in total. The molecule has 2 rings (SSSR count). The molecule has 0 bridgehead atoms. The standard InChI is InChI=1S/C17H25NO3/c1-12-6-7-15(10-13(12)2)21-9-8-17(20)18-11-14-4-3-5-16(14)19/h6-7,10,14,16,19H,3-5,8-9,11H2,1-2H3,(H,18,20). The lowest BCUT2D eigenvalue weighted by Gasteiger charge is -2.15. The summed E-state index contributed by atoms with van der Waals surface area (Å²) in [5.41, 5.74) is 2.42. The van der Waals surface area contributed by atoms with E-state index in [1.165, 1.54) is 11.1 Å². The normalized spacial score (nSPS) is 21.3. The van der Waals surface area contributed by atoms with Crippen molar-refractivity contribution < 1.29 is 14.6 Å². The number of benzene rings is 1. The molecule has 21 heavy (non-hydrogen) atoms. The van der Waals surface area contributed by atoms with Crippen molar-refractivity contribution in [2.45, 2.75) is 45.6 Å². The summed E-state index contributed by atoms with van der Waals surface area (Å²) in [6.45, 7) is 5.05. The minimum Gasteiger partial charge on any atom is -0.493 e. The number of hydrogen-bond donors (Lipinski definition) is 2. The maximum Gasteiger partial charge on any atom is 0.223 e. The Morgan fingerprint density at radius 2 is 2.14 bits per heavy atom. The van der Waals surface area contributed by atoms with Gasteiger partial charge < -0.3 is 15.2 Å². The van der Waals surface area contributed by atoms with Crippen molar-refractivity contribution in [3.05, 3.63) is 29.3 Å². The van der Waals surface area contributed by atoms with E-state index >= 15 is 0 Å². The summed E-state index contributed by atoms with van der Waals surface area (Å²) in [5.74, 6) is 1.00. The molecule has 0 radical (unpaired) electrons. The van der Waals surface area contributed by atoms with Crippen molar-refractivity contribution in [2.75, 3.05) is 13.2 Å². The fourth-order valence-corrected chi connectivity index (χ4v) is 2.65. The van der Waals surface area contributed by atoms with Gasteiger partial charge in [-0.1, -0.05) is 12.5 Å². The molecular weight excluding hydrogens is 266 g/mol. The maximum absolute atomic E-state index is 11.7. The second-order valence-electron chi connectivity index (χ2n) is 5.91. The van der Waals surface area contributed by atoms with Crippen LogP contribution in [0.4, 0.5) is 0 Å². The van der Waals surface area contributed by atoms with E-state index in [-0.39, 0.29) is 17.9 Å². The Morgan fingerprint density at radius 3 is 2.81 bits per heavy atom. The van der Waals surface area contributed by atoms with Gasteiger partial charge in [0.2, 0.25) is 5.91 Å². The Kier molecular flexibility index (Phi) is 5.62. The molecule has 116 valence electrons. The Morgan fingerprint density at radius 1 is 1.33 bits per heavy atom. The van der Waals surface area contributed by atoms with Crippen LogP contribution in [-0.4, -0.2) is 30.3 Å². The molecule has 1 saturated carbocycles. The van der Waals surface area contributed by atoms with Crippen LogP contribution in [0, 0.1) is 19.8 Å². The van der Waals surface area contributed by atoms with Gasteiger partial charge in [0.25, 0.3) is 0 Å². The van der Waals surface area contributed by atoms with Gasteiger partial charge in [0.15, 0.2) is 0 Å². The third-order valence-electron chi connectivity index (χ3n) is 4.26. The van der Waals surface area contributed by atoms with Gasteiger partial charge in [-0.05, 0) is 49.9 Å². The Balaban J connectivity index is 1.65. The molecule has 0 aromatic heterocycles. The molecule has 1 aromatic carbocycles. The number of amides is 1. The van der Waals surface area contributed by atoms with Gasteiger partial charge in [0.05, 0.1) is 19.1 Å². The SMILES string of the molecule is Cc1ccc(OCCC(=O)NCC2CCCC2O)cc1C. The summed E-state index contributed by atoms with van der Waals surface area (Å²) in [4.78, 5) is 11.7. The van der Waals surface area contributed by atoms with E-state index in [0.29, 0.717) is 19.6 Å². The van der Waals surface area contributed by atoms with Crippen molar-refractivity contribution in [3.8, 4) is 5.75 Å². The second-order valence-corrected chi connectivity index (χ2v) is 5.91. The van der Waals surface area contributed by atoms with Crippen molar-refractivity contribution in [1.29, 1.82) is 0 Å². The van der Waals surface area contributed by atoms with Crippen LogP contribution in [0.15, 0.2) is 18.2 Å². The molecule has 1 aromatic rings. The van der Waals surface area contributed by atoms with Gasteiger partial charge in [0, 0.05) is 12.5 Å². The van der Waals surface area contributed by atoms with Crippen molar-refractivity contribution >= 4 is 5.91 Å². The first-order valence-corrected chi connectivity index (χ1v) is 7.71. The molecule has 1 aliphatic carbocycles. The molecule has 1 fully saturated rings. The quantitative estimate of drug-likeness (QED) is 0.846. The first kappa shape index (κ1) is 15.8. The van der Waals surface area contributed by atoms with Crippen molar-refractivity contribution in [1.82, 2.24) is 5.32 Å². The fraction of sp³-hybridized carbons (Fsp3) is 0.588. The average molecular weight is 291 g/mol. The zero-order valence-corrected chi connectivity index (χ0v) is 12.9. The van der Waals surface area contributed by atoms with E-state index in [0.717, 1.165) is 25.0 Å². The monoisotopic (exact) mass is 291 g/mol. The molecule has 0 aliphatic heterocycles. The van der Waals surface area contributed by atoms with Crippen LogP contribution in [0.5, 0.6) is 5.75 Å². The fourth-order valence-electron chi connectivity index (χ4n) is 2.65. The Labute approximate surface area is 126 Å². The number of carbonyl (C=O) groups is 1. The lowest BCUT2D eigenvalue weighted by molar-refractivity contribution is -0.121. The molecule has 2 unspecified atom stereocenters. The number of hydrogen-bond acceptors (Lipinski definition) is 3. The summed E-state index contributed by atoms with van der Waals surface area (Å²) in [6.07, 6.45) is 3.00. The van der Waals surface area contributed by atoms with E-state index in [1.807, 2.05) is 25.1 Å². The molecular formula is C17H25NO3. The predicted molar refractivity (Wildman–Crippen MR) is 82.4 cm³/mol. The third kappa shape index (κ3) is 4.74. The van der Waals surface area contributed by atoms with Gasteiger partial charge in [0.1, 0.15) is 5.75 Å². The number of aryl methyl sites for hydroxylation is 2. The summed E-state index contributed by atoms with van der Waals surface area (Å²) >= 11 is 0. The van der Waals surface area contributed by atoms with Gasteiger partial charge in [-0.25, -0.2) is 0 Å². The summed E-state index contributed by atoms with van der Waals surface area (Å²) in [7, 11) is 0. The zero-order valence-electron chi connectivity index (χ0n) is 12.9. The van der Waals surface area contributed by atoms with Crippen molar-refractivity contribution in [3.63, 3.8) is 0 Å². The maximum atomic E-state index is 11.7. The smallest absolute Gasteiger partial charge is 0.223 e. The highest BCUT2D eigenvalue weighted by molar-refractivity contribution is 5.76. The summed E-state index contributed by atoms with van der Waals surface area (Å²) in [6, 6.07) is 5.93. The van der Waals surface area contributed by atoms with Crippen LogP contribution < -0.4 is 10.1 Å². The van der Waals surface area contributed by atoms with E-state index < -0.39 is 0 Å². The third-order valence-corrected chi connectivity index (χ3v) is 4.26. The van der Waals surface area contributed by atoms with Crippen LogP contribution in [0.25, 0.3) is 0 Å². The molecule has 4 heteroatoms. The number of aliphatic hydroxyl groups is 1. The molecule has 1 aliphatic rings. The highest BCUT2D eigenvalue weighted by Crippen LogP contribution is 2.24. The van der Waals surface area contributed by atoms with Crippen LogP contribution >= 0.6 is 0 Å². The molecule has 1 amide bonds. The van der Waals surface area contributed by atoms with Crippen LogP contribution in [-0.2, 0) is 4.79 Å².